The zero-order valence-electron chi connectivity index (χ0n) is 10.1. The molecule has 1 heterocycles. The van der Waals surface area contributed by atoms with Crippen LogP contribution in [0.25, 0.3) is 0 Å². The lowest BCUT2D eigenvalue weighted by Crippen LogP contribution is -2.45. The molecule has 88 valence electrons. The van der Waals surface area contributed by atoms with Crippen molar-refractivity contribution in [2.45, 2.75) is 26.7 Å². The lowest BCUT2D eigenvalue weighted by molar-refractivity contribution is 0.153. The molecule has 0 aromatic heterocycles. The van der Waals surface area contributed by atoms with Crippen LogP contribution in [0.3, 0.4) is 0 Å². The van der Waals surface area contributed by atoms with E-state index in [9.17, 15) is 4.79 Å². The highest BCUT2D eigenvalue weighted by Gasteiger charge is 2.25. The molecule has 4 heteroatoms. The van der Waals surface area contributed by atoms with Gasteiger partial charge >= 0.3 is 6.03 Å². The lowest BCUT2D eigenvalue weighted by atomic mass is 9.93. The van der Waals surface area contributed by atoms with Crippen molar-refractivity contribution in [2.24, 2.45) is 11.1 Å². The van der Waals surface area contributed by atoms with Crippen molar-refractivity contribution < 1.29 is 4.79 Å². The number of likely N-dealkylation sites (tertiary alicyclic amines) is 1. The van der Waals surface area contributed by atoms with E-state index in [0.29, 0.717) is 6.54 Å². The number of amides is 2. The summed E-state index contributed by atoms with van der Waals surface area (Å²) in [5, 5.41) is 0. The smallest absolute Gasteiger partial charge is 0.319 e. The Morgan fingerprint density at radius 1 is 1.40 bits per heavy atom. The SMILES string of the molecule is CN(CC(C)(C)CN)C(=O)N1CCCC1. The minimum atomic E-state index is 0.00410. The Hall–Kier alpha value is -0.770. The number of carbonyl (C=O) groups excluding carboxylic acids is 1. The van der Waals surface area contributed by atoms with Crippen LogP contribution < -0.4 is 5.73 Å². The standard InChI is InChI=1S/C11H23N3O/c1-11(2,8-12)9-13(3)10(15)14-6-4-5-7-14/h4-9,12H2,1-3H3. The summed E-state index contributed by atoms with van der Waals surface area (Å²) in [5.74, 6) is 0. The summed E-state index contributed by atoms with van der Waals surface area (Å²) in [6.07, 6.45) is 2.28. The molecule has 1 fully saturated rings. The predicted octanol–water partition coefficient (Wildman–Crippen LogP) is 1.12. The average Bonchev–Trinajstić information content (AvgIpc) is 2.68. The molecule has 2 amide bonds. The first-order chi connectivity index (χ1) is 6.96. The molecular weight excluding hydrogens is 190 g/mol. The summed E-state index contributed by atoms with van der Waals surface area (Å²) in [7, 11) is 1.86. The van der Waals surface area contributed by atoms with Crippen LogP contribution in [0.15, 0.2) is 0 Å². The van der Waals surface area contributed by atoms with E-state index < -0.39 is 0 Å². The molecule has 1 rings (SSSR count). The van der Waals surface area contributed by atoms with Gasteiger partial charge in [-0.3, -0.25) is 0 Å². The minimum absolute atomic E-state index is 0.00410. The average molecular weight is 213 g/mol. The van der Waals surface area contributed by atoms with Crippen molar-refractivity contribution in [1.29, 1.82) is 0 Å². The highest BCUT2D eigenvalue weighted by Crippen LogP contribution is 2.16. The van der Waals surface area contributed by atoms with Crippen LogP contribution in [-0.4, -0.2) is 49.1 Å². The second-order valence-corrected chi connectivity index (χ2v) is 5.20. The van der Waals surface area contributed by atoms with Crippen LogP contribution in [-0.2, 0) is 0 Å². The molecule has 2 N–H and O–H groups in total. The number of hydrogen-bond acceptors (Lipinski definition) is 2. The molecule has 15 heavy (non-hydrogen) atoms. The van der Waals surface area contributed by atoms with Gasteiger partial charge in [0.2, 0.25) is 0 Å². The predicted molar refractivity (Wildman–Crippen MR) is 61.7 cm³/mol. The van der Waals surface area contributed by atoms with E-state index >= 15 is 0 Å². The Bertz CT molecular complexity index is 222. The number of carbonyl (C=O) groups is 1. The van der Waals surface area contributed by atoms with Gasteiger partial charge in [-0.25, -0.2) is 4.79 Å². The monoisotopic (exact) mass is 213 g/mol. The zero-order chi connectivity index (χ0) is 11.5. The third kappa shape index (κ3) is 3.38. The topological polar surface area (TPSA) is 49.6 Å². The Morgan fingerprint density at radius 3 is 2.40 bits per heavy atom. The molecule has 1 saturated heterocycles. The maximum Gasteiger partial charge on any atom is 0.319 e. The number of hydrogen-bond donors (Lipinski definition) is 1. The van der Waals surface area contributed by atoms with E-state index in [-0.39, 0.29) is 11.4 Å². The molecule has 0 bridgehead atoms. The van der Waals surface area contributed by atoms with Crippen LogP contribution in [0.5, 0.6) is 0 Å². The zero-order valence-corrected chi connectivity index (χ0v) is 10.1. The number of urea groups is 1. The minimum Gasteiger partial charge on any atom is -0.330 e. The Balaban J connectivity index is 2.45. The first-order valence-electron chi connectivity index (χ1n) is 5.66. The summed E-state index contributed by atoms with van der Waals surface area (Å²) in [4.78, 5) is 15.7. The summed E-state index contributed by atoms with van der Waals surface area (Å²) < 4.78 is 0. The van der Waals surface area contributed by atoms with E-state index in [1.54, 1.807) is 4.90 Å². The van der Waals surface area contributed by atoms with Gasteiger partial charge in [0.15, 0.2) is 0 Å². The Labute approximate surface area is 92.4 Å². The van der Waals surface area contributed by atoms with E-state index in [4.69, 9.17) is 5.73 Å². The van der Waals surface area contributed by atoms with Crippen molar-refractivity contribution in [2.75, 3.05) is 33.2 Å². The molecular formula is C11H23N3O. The molecule has 0 unspecified atom stereocenters. The molecule has 0 atom stereocenters. The van der Waals surface area contributed by atoms with E-state index in [1.165, 1.54) is 0 Å². The van der Waals surface area contributed by atoms with Gasteiger partial charge < -0.3 is 15.5 Å². The van der Waals surface area contributed by atoms with Crippen molar-refractivity contribution in [3.63, 3.8) is 0 Å². The molecule has 4 nitrogen and oxygen atoms in total. The molecule has 0 aliphatic carbocycles. The lowest BCUT2D eigenvalue weighted by Gasteiger charge is -2.31. The first-order valence-corrected chi connectivity index (χ1v) is 5.66. The second-order valence-electron chi connectivity index (χ2n) is 5.20. The third-order valence-corrected chi connectivity index (χ3v) is 2.92. The van der Waals surface area contributed by atoms with Gasteiger partial charge in [0.05, 0.1) is 0 Å². The summed E-state index contributed by atoms with van der Waals surface area (Å²) >= 11 is 0. The van der Waals surface area contributed by atoms with Crippen LogP contribution in [0.2, 0.25) is 0 Å². The fourth-order valence-corrected chi connectivity index (χ4v) is 1.92. The number of rotatable bonds is 3. The maximum atomic E-state index is 11.9. The molecule has 0 aromatic carbocycles. The Kier molecular flexibility index (Phi) is 3.97. The van der Waals surface area contributed by atoms with Gasteiger partial charge in [0.25, 0.3) is 0 Å². The molecule has 1 aliphatic heterocycles. The van der Waals surface area contributed by atoms with Gasteiger partial charge in [-0.15, -0.1) is 0 Å². The summed E-state index contributed by atoms with van der Waals surface area (Å²) in [6.45, 7) is 7.31. The Morgan fingerprint density at radius 2 is 1.93 bits per heavy atom. The van der Waals surface area contributed by atoms with Crippen LogP contribution in [0, 0.1) is 5.41 Å². The van der Waals surface area contributed by atoms with Gasteiger partial charge in [0, 0.05) is 26.7 Å². The fraction of sp³-hybridized carbons (Fsp3) is 0.909. The van der Waals surface area contributed by atoms with Crippen molar-refractivity contribution in [3.05, 3.63) is 0 Å². The molecule has 0 spiro atoms. The molecule has 0 aromatic rings. The fourth-order valence-electron chi connectivity index (χ4n) is 1.92. The normalized spacial score (nSPS) is 16.9. The van der Waals surface area contributed by atoms with E-state index in [2.05, 4.69) is 13.8 Å². The maximum absolute atomic E-state index is 11.9. The highest BCUT2D eigenvalue weighted by molar-refractivity contribution is 5.74. The quantitative estimate of drug-likeness (QED) is 0.763. The number of nitrogens with zero attached hydrogens (tertiary/aromatic N) is 2. The van der Waals surface area contributed by atoms with Crippen LogP contribution >= 0.6 is 0 Å². The molecule has 0 saturated carbocycles. The van der Waals surface area contributed by atoms with Crippen molar-refractivity contribution in [3.8, 4) is 0 Å². The van der Waals surface area contributed by atoms with Crippen LogP contribution in [0.1, 0.15) is 26.7 Å². The van der Waals surface area contributed by atoms with E-state index in [0.717, 1.165) is 32.5 Å². The third-order valence-electron chi connectivity index (χ3n) is 2.92. The summed E-state index contributed by atoms with van der Waals surface area (Å²) in [6, 6.07) is 0.147. The van der Waals surface area contributed by atoms with Gasteiger partial charge in [-0.05, 0) is 24.8 Å². The second kappa shape index (κ2) is 4.84. The van der Waals surface area contributed by atoms with Crippen molar-refractivity contribution in [1.82, 2.24) is 9.80 Å². The molecule has 0 radical (unpaired) electrons. The first kappa shape index (κ1) is 12.3. The summed E-state index contributed by atoms with van der Waals surface area (Å²) in [5.41, 5.74) is 5.66. The molecule has 1 aliphatic rings. The van der Waals surface area contributed by atoms with Gasteiger partial charge in [-0.2, -0.15) is 0 Å². The number of nitrogens with two attached hydrogens (primary N) is 1. The largest absolute Gasteiger partial charge is 0.330 e. The van der Waals surface area contributed by atoms with Crippen LogP contribution in [0.4, 0.5) is 4.79 Å². The van der Waals surface area contributed by atoms with Crippen molar-refractivity contribution >= 4 is 6.03 Å². The van der Waals surface area contributed by atoms with E-state index in [1.807, 2.05) is 11.9 Å². The van der Waals surface area contributed by atoms with Gasteiger partial charge in [-0.1, -0.05) is 13.8 Å². The highest BCUT2D eigenvalue weighted by atomic mass is 16.2. The van der Waals surface area contributed by atoms with Gasteiger partial charge in [0.1, 0.15) is 0 Å².